The maximum atomic E-state index is 11.0. The number of hydrogen-bond donors (Lipinski definition) is 3. The number of fused-ring (bicyclic) bond motifs is 1. The number of rotatable bonds is 3. The smallest absolute Gasteiger partial charge is 0.403 e. The first-order chi connectivity index (χ1) is 8.38. The van der Waals surface area contributed by atoms with E-state index in [1.807, 2.05) is 38.4 Å². The fraction of sp³-hybridized carbons (Fsp3) is 0.167. The van der Waals surface area contributed by atoms with Crippen LogP contribution in [0.15, 0.2) is 36.4 Å². The van der Waals surface area contributed by atoms with Gasteiger partial charge in [-0.2, -0.15) is 0 Å². The van der Waals surface area contributed by atoms with E-state index in [0.717, 1.165) is 21.4 Å². The Morgan fingerprint density at radius 3 is 2.28 bits per heavy atom. The molecule has 6 heteroatoms. The molecule has 0 saturated heterocycles. The van der Waals surface area contributed by atoms with Crippen molar-refractivity contribution < 1.29 is 23.8 Å². The van der Waals surface area contributed by atoms with Crippen molar-refractivity contribution in [1.29, 1.82) is 0 Å². The second-order valence-corrected chi connectivity index (χ2v) is 5.41. The van der Waals surface area contributed by atoms with Crippen LogP contribution >= 0.6 is 7.82 Å². The molecule has 2 rings (SSSR count). The van der Waals surface area contributed by atoms with E-state index < -0.39 is 7.82 Å². The van der Waals surface area contributed by atoms with Crippen molar-refractivity contribution in [3.05, 3.63) is 36.4 Å². The second-order valence-electron chi connectivity index (χ2n) is 4.24. The molecule has 0 aliphatic carbocycles. The molecule has 0 aliphatic rings. The van der Waals surface area contributed by atoms with E-state index in [9.17, 15) is 4.57 Å². The van der Waals surface area contributed by atoms with E-state index in [2.05, 4.69) is 0 Å². The van der Waals surface area contributed by atoms with Gasteiger partial charge in [0.1, 0.15) is 11.4 Å². The molecule has 2 aromatic carbocycles. The van der Waals surface area contributed by atoms with Crippen molar-refractivity contribution in [3.63, 3.8) is 0 Å². The molecule has 0 aliphatic heterocycles. The molecule has 0 amide bonds. The van der Waals surface area contributed by atoms with Crippen molar-refractivity contribution in [2.75, 3.05) is 14.1 Å². The fourth-order valence-corrected chi connectivity index (χ4v) is 2.34. The first kappa shape index (κ1) is 13.1. The van der Waals surface area contributed by atoms with Crippen LogP contribution in [0.25, 0.3) is 10.8 Å². The SMILES string of the molecule is C[NH+](C)c1cccc2cccc(OP(=O)(O)O)c12. The van der Waals surface area contributed by atoms with E-state index >= 15 is 0 Å². The molecule has 2 aromatic rings. The molecular formula is C12H15NO4P+. The summed E-state index contributed by atoms with van der Waals surface area (Å²) in [6.45, 7) is 0. The third-order valence-corrected chi connectivity index (χ3v) is 3.06. The molecule has 0 unspecified atom stereocenters. The van der Waals surface area contributed by atoms with Gasteiger partial charge in [-0.25, -0.2) is 4.57 Å². The van der Waals surface area contributed by atoms with Gasteiger partial charge in [0.15, 0.2) is 0 Å². The number of phosphoric ester groups is 1. The summed E-state index contributed by atoms with van der Waals surface area (Å²) in [5.41, 5.74) is 0.927. The fourth-order valence-electron chi connectivity index (χ4n) is 1.93. The van der Waals surface area contributed by atoms with Crippen LogP contribution in [0.1, 0.15) is 0 Å². The number of phosphoric acid groups is 1. The minimum Gasteiger partial charge on any atom is -0.403 e. The highest BCUT2D eigenvalue weighted by molar-refractivity contribution is 7.46. The molecule has 0 saturated carbocycles. The quantitative estimate of drug-likeness (QED) is 0.729. The van der Waals surface area contributed by atoms with Gasteiger partial charge in [0.25, 0.3) is 0 Å². The van der Waals surface area contributed by atoms with Gasteiger partial charge in [-0.3, -0.25) is 9.79 Å². The maximum absolute atomic E-state index is 11.0. The van der Waals surface area contributed by atoms with Crippen LogP contribution in [0.3, 0.4) is 0 Å². The number of benzene rings is 2. The summed E-state index contributed by atoms with van der Waals surface area (Å²) in [7, 11) is -0.656. The van der Waals surface area contributed by atoms with Crippen molar-refractivity contribution in [1.82, 2.24) is 0 Å². The molecular weight excluding hydrogens is 253 g/mol. The summed E-state index contributed by atoms with van der Waals surface area (Å²) in [6.07, 6.45) is 0. The Morgan fingerprint density at radius 2 is 1.72 bits per heavy atom. The highest BCUT2D eigenvalue weighted by Crippen LogP contribution is 2.41. The van der Waals surface area contributed by atoms with E-state index in [1.165, 1.54) is 0 Å². The van der Waals surface area contributed by atoms with Crippen molar-refractivity contribution in [2.24, 2.45) is 0 Å². The molecule has 3 N–H and O–H groups in total. The normalized spacial score (nSPS) is 12.1. The summed E-state index contributed by atoms with van der Waals surface area (Å²) in [4.78, 5) is 18.9. The first-order valence-electron chi connectivity index (χ1n) is 5.46. The van der Waals surface area contributed by atoms with Gasteiger partial charge in [-0.1, -0.05) is 24.3 Å². The minimum atomic E-state index is -4.55. The number of hydrogen-bond acceptors (Lipinski definition) is 2. The summed E-state index contributed by atoms with van der Waals surface area (Å²) in [5, 5.41) is 1.61. The molecule has 0 radical (unpaired) electrons. The lowest BCUT2D eigenvalue weighted by molar-refractivity contribution is -0.785. The van der Waals surface area contributed by atoms with Crippen LogP contribution in [0.5, 0.6) is 5.75 Å². The third-order valence-electron chi connectivity index (χ3n) is 2.62. The molecule has 96 valence electrons. The van der Waals surface area contributed by atoms with Gasteiger partial charge in [0.05, 0.1) is 19.5 Å². The van der Waals surface area contributed by atoms with E-state index in [-0.39, 0.29) is 5.75 Å². The van der Waals surface area contributed by atoms with Crippen molar-refractivity contribution in [3.8, 4) is 5.75 Å². The molecule has 0 heterocycles. The van der Waals surface area contributed by atoms with Crippen LogP contribution in [-0.4, -0.2) is 23.9 Å². The molecule has 0 spiro atoms. The molecule has 0 bridgehead atoms. The summed E-state index contributed by atoms with van der Waals surface area (Å²) < 4.78 is 15.8. The largest absolute Gasteiger partial charge is 0.524 e. The lowest BCUT2D eigenvalue weighted by Crippen LogP contribution is -3.00. The van der Waals surface area contributed by atoms with E-state index in [1.54, 1.807) is 12.1 Å². The zero-order valence-electron chi connectivity index (χ0n) is 10.1. The number of quaternary nitrogens is 1. The average molecular weight is 268 g/mol. The van der Waals surface area contributed by atoms with Crippen LogP contribution in [0.2, 0.25) is 0 Å². The molecule has 0 fully saturated rings. The molecule has 0 aromatic heterocycles. The Kier molecular flexibility index (Phi) is 3.41. The van der Waals surface area contributed by atoms with Gasteiger partial charge < -0.3 is 9.42 Å². The van der Waals surface area contributed by atoms with Crippen LogP contribution in [-0.2, 0) is 4.57 Å². The Labute approximate surface area is 105 Å². The summed E-state index contributed by atoms with van der Waals surface area (Å²) in [6, 6.07) is 10.9. The summed E-state index contributed by atoms with van der Waals surface area (Å²) >= 11 is 0. The Bertz CT molecular complexity index is 615. The lowest BCUT2D eigenvalue weighted by atomic mass is 10.1. The van der Waals surface area contributed by atoms with Crippen molar-refractivity contribution >= 4 is 24.3 Å². The minimum absolute atomic E-state index is 0.206. The Hall–Kier alpha value is -1.39. The molecule has 18 heavy (non-hydrogen) atoms. The molecule has 0 atom stereocenters. The van der Waals surface area contributed by atoms with Gasteiger partial charge in [0, 0.05) is 0 Å². The Morgan fingerprint density at radius 1 is 1.11 bits per heavy atom. The van der Waals surface area contributed by atoms with Gasteiger partial charge in [0.2, 0.25) is 0 Å². The highest BCUT2D eigenvalue weighted by Gasteiger charge is 2.20. The second kappa shape index (κ2) is 4.71. The van der Waals surface area contributed by atoms with Crippen LogP contribution < -0.4 is 9.42 Å². The monoisotopic (exact) mass is 268 g/mol. The zero-order valence-corrected chi connectivity index (χ0v) is 11.0. The van der Waals surface area contributed by atoms with E-state index in [0.29, 0.717) is 0 Å². The van der Waals surface area contributed by atoms with Gasteiger partial charge in [-0.15, -0.1) is 0 Å². The maximum Gasteiger partial charge on any atom is 0.524 e. The lowest BCUT2D eigenvalue weighted by Gasteiger charge is -2.14. The highest BCUT2D eigenvalue weighted by atomic mass is 31.2. The summed E-state index contributed by atoms with van der Waals surface area (Å²) in [5.74, 6) is 0.206. The standard InChI is InChI=1S/C12H14NO4P/c1-13(2)10-7-3-5-9-6-4-8-11(12(9)10)17-18(14,15)16/h3-8H,1-2H3,(H2,14,15,16)/p+1. The number of nitrogens with one attached hydrogen (secondary N) is 1. The predicted octanol–water partition coefficient (Wildman–Crippen LogP) is 1.09. The van der Waals surface area contributed by atoms with Crippen LogP contribution in [0.4, 0.5) is 5.69 Å². The molecule has 5 nitrogen and oxygen atoms in total. The average Bonchev–Trinajstić information content (AvgIpc) is 2.26. The van der Waals surface area contributed by atoms with E-state index in [4.69, 9.17) is 14.3 Å². The topological polar surface area (TPSA) is 71.2 Å². The third kappa shape index (κ3) is 2.71. The predicted molar refractivity (Wildman–Crippen MR) is 69.1 cm³/mol. The first-order valence-corrected chi connectivity index (χ1v) is 6.99. The van der Waals surface area contributed by atoms with Gasteiger partial charge in [-0.05, 0) is 17.5 Å². The van der Waals surface area contributed by atoms with Crippen LogP contribution in [0, 0.1) is 0 Å². The van der Waals surface area contributed by atoms with Crippen molar-refractivity contribution in [2.45, 2.75) is 0 Å². The zero-order chi connectivity index (χ0) is 13.3. The van der Waals surface area contributed by atoms with Gasteiger partial charge >= 0.3 is 7.82 Å². The Balaban J connectivity index is 2.70.